The molecule has 3 aromatic rings. The summed E-state index contributed by atoms with van der Waals surface area (Å²) in [6, 6.07) is 10.7. The fraction of sp³-hybridized carbons (Fsp3) is 0.136. The van der Waals surface area contributed by atoms with Gasteiger partial charge in [-0.1, -0.05) is 6.07 Å². The molecule has 1 aromatic heterocycles. The summed E-state index contributed by atoms with van der Waals surface area (Å²) in [5, 5.41) is 7.33. The van der Waals surface area contributed by atoms with Crippen molar-refractivity contribution in [3.05, 3.63) is 71.8 Å². The molecule has 11 heteroatoms. The van der Waals surface area contributed by atoms with E-state index in [0.717, 1.165) is 6.07 Å². The van der Waals surface area contributed by atoms with Crippen molar-refractivity contribution in [2.24, 2.45) is 0 Å². The molecule has 0 fully saturated rings. The van der Waals surface area contributed by atoms with E-state index in [1.54, 1.807) is 12.1 Å². The van der Waals surface area contributed by atoms with E-state index in [9.17, 15) is 22.4 Å². The van der Waals surface area contributed by atoms with E-state index in [4.69, 9.17) is 4.74 Å². The number of hydrogen-bond donors (Lipinski definition) is 3. The number of hydrogen-bond acceptors (Lipinski definition) is 6. The van der Waals surface area contributed by atoms with Gasteiger partial charge in [0.2, 0.25) is 0 Å². The number of ether oxygens (including phenoxy) is 1. The van der Waals surface area contributed by atoms with E-state index < -0.39 is 27.6 Å². The molecule has 0 bridgehead atoms. The minimum Gasteiger partial charge on any atom is -0.457 e. The molecule has 0 unspecified atom stereocenters. The molecule has 0 atom stereocenters. The lowest BCUT2D eigenvalue weighted by Crippen LogP contribution is -2.20. The highest BCUT2D eigenvalue weighted by atomic mass is 32.2. The highest BCUT2D eigenvalue weighted by Gasteiger charge is 2.26. The molecular formula is C22H19FN4O5S. The van der Waals surface area contributed by atoms with E-state index in [2.05, 4.69) is 20.9 Å². The first kappa shape index (κ1) is 22.2. The number of carbonyl (C=O) groups excluding carboxylic acids is 2. The van der Waals surface area contributed by atoms with Crippen LogP contribution in [-0.4, -0.2) is 38.1 Å². The highest BCUT2D eigenvalue weighted by Crippen LogP contribution is 2.29. The Labute approximate surface area is 188 Å². The van der Waals surface area contributed by atoms with Gasteiger partial charge in [0.25, 0.3) is 5.91 Å². The summed E-state index contributed by atoms with van der Waals surface area (Å²) in [7, 11) is -1.87. The van der Waals surface area contributed by atoms with Crippen LogP contribution in [0.5, 0.6) is 11.5 Å². The molecule has 2 aromatic carbocycles. The smallest absolute Gasteiger partial charge is 0.323 e. The molecule has 170 valence electrons. The van der Waals surface area contributed by atoms with Gasteiger partial charge < -0.3 is 20.7 Å². The Morgan fingerprint density at radius 2 is 1.82 bits per heavy atom. The van der Waals surface area contributed by atoms with Gasteiger partial charge in [-0.25, -0.2) is 17.6 Å². The molecule has 2 heterocycles. The van der Waals surface area contributed by atoms with Crippen LogP contribution in [0.4, 0.5) is 20.6 Å². The number of anilines is 2. The van der Waals surface area contributed by atoms with Crippen LogP contribution >= 0.6 is 0 Å². The van der Waals surface area contributed by atoms with Crippen molar-refractivity contribution in [2.75, 3.05) is 23.4 Å². The summed E-state index contributed by atoms with van der Waals surface area (Å²) in [6.45, 7) is 0. The van der Waals surface area contributed by atoms with Gasteiger partial charge in [-0.05, 0) is 42.3 Å². The van der Waals surface area contributed by atoms with E-state index in [0.29, 0.717) is 12.0 Å². The number of urea groups is 1. The lowest BCUT2D eigenvalue weighted by atomic mass is 10.1. The fourth-order valence-electron chi connectivity index (χ4n) is 3.29. The van der Waals surface area contributed by atoms with E-state index >= 15 is 0 Å². The van der Waals surface area contributed by atoms with Crippen molar-refractivity contribution >= 4 is 33.2 Å². The summed E-state index contributed by atoms with van der Waals surface area (Å²) < 4.78 is 44.2. The van der Waals surface area contributed by atoms with E-state index in [1.165, 1.54) is 43.6 Å². The zero-order valence-electron chi connectivity index (χ0n) is 17.4. The quantitative estimate of drug-likeness (QED) is 0.525. The Morgan fingerprint density at radius 1 is 1.03 bits per heavy atom. The van der Waals surface area contributed by atoms with Crippen molar-refractivity contribution in [2.45, 2.75) is 11.3 Å². The maximum absolute atomic E-state index is 14.5. The fourth-order valence-corrected chi connectivity index (χ4v) is 4.88. The molecule has 4 rings (SSSR count). The molecule has 1 aliphatic heterocycles. The van der Waals surface area contributed by atoms with Crippen molar-refractivity contribution in [1.82, 2.24) is 10.3 Å². The van der Waals surface area contributed by atoms with Crippen LogP contribution in [0.2, 0.25) is 0 Å². The second-order valence-corrected chi connectivity index (χ2v) is 9.25. The SMILES string of the molecule is CNC(=O)c1cc(Oc2ccc(NC(=O)Nc3ccc4c(c3)S(=O)(=O)CC4)c(F)c2)ccn1. The molecule has 3 amide bonds. The number of sulfone groups is 1. The number of pyridine rings is 1. The third kappa shape index (κ3) is 4.93. The molecule has 0 aliphatic carbocycles. The van der Waals surface area contributed by atoms with Crippen molar-refractivity contribution in [3.63, 3.8) is 0 Å². The summed E-state index contributed by atoms with van der Waals surface area (Å²) in [6.07, 6.45) is 1.83. The number of nitrogens with zero attached hydrogens (tertiary/aromatic N) is 1. The summed E-state index contributed by atoms with van der Waals surface area (Å²) >= 11 is 0. The third-order valence-corrected chi connectivity index (χ3v) is 6.71. The molecule has 9 nitrogen and oxygen atoms in total. The van der Waals surface area contributed by atoms with Gasteiger partial charge in [-0.3, -0.25) is 9.78 Å². The second-order valence-electron chi connectivity index (χ2n) is 7.17. The lowest BCUT2D eigenvalue weighted by Gasteiger charge is -2.11. The molecule has 33 heavy (non-hydrogen) atoms. The molecule has 0 saturated carbocycles. The average molecular weight is 470 g/mol. The second kappa shape index (κ2) is 8.87. The number of halogens is 1. The summed E-state index contributed by atoms with van der Waals surface area (Å²) in [5.41, 5.74) is 1.03. The molecule has 0 saturated heterocycles. The van der Waals surface area contributed by atoms with Crippen molar-refractivity contribution < 1.29 is 27.1 Å². The zero-order chi connectivity index (χ0) is 23.6. The summed E-state index contributed by atoms with van der Waals surface area (Å²) in [4.78, 5) is 28.1. The lowest BCUT2D eigenvalue weighted by molar-refractivity contribution is 0.0957. The van der Waals surface area contributed by atoms with Crippen LogP contribution in [0, 0.1) is 5.82 Å². The Hall–Kier alpha value is -3.99. The standard InChI is InChI=1S/C22H19FN4O5S/c1-24-21(28)19-12-16(6-8-25-19)32-15-4-5-18(17(23)11-15)27-22(29)26-14-3-2-13-7-9-33(30,31)20(13)10-14/h2-6,8,10-12H,7,9H2,1H3,(H,24,28)(H2,26,27,29). The van der Waals surface area contributed by atoms with Crippen molar-refractivity contribution in [1.29, 1.82) is 0 Å². The Kier molecular flexibility index (Phi) is 5.97. The molecular weight excluding hydrogens is 451 g/mol. The Morgan fingerprint density at radius 3 is 2.58 bits per heavy atom. The normalized spacial score (nSPS) is 13.6. The highest BCUT2D eigenvalue weighted by molar-refractivity contribution is 7.91. The Bertz CT molecular complexity index is 1360. The zero-order valence-corrected chi connectivity index (χ0v) is 18.2. The van der Waals surface area contributed by atoms with Gasteiger partial charge in [0, 0.05) is 31.1 Å². The van der Waals surface area contributed by atoms with Gasteiger partial charge in [0.05, 0.1) is 16.3 Å². The number of aromatic nitrogens is 1. The average Bonchev–Trinajstić information content (AvgIpc) is 3.09. The third-order valence-electron chi connectivity index (χ3n) is 4.92. The number of aryl methyl sites for hydroxylation is 1. The van der Waals surface area contributed by atoms with Gasteiger partial charge in [-0.2, -0.15) is 0 Å². The Balaban J connectivity index is 1.43. The number of carbonyl (C=O) groups is 2. The largest absolute Gasteiger partial charge is 0.457 e. The van der Waals surface area contributed by atoms with Crippen LogP contribution in [0.25, 0.3) is 0 Å². The molecule has 0 spiro atoms. The van der Waals surface area contributed by atoms with Crippen molar-refractivity contribution in [3.8, 4) is 11.5 Å². The minimum absolute atomic E-state index is 0.0459. The number of nitrogens with one attached hydrogen (secondary N) is 3. The number of rotatable bonds is 5. The maximum Gasteiger partial charge on any atom is 0.323 e. The van der Waals surface area contributed by atoms with Crippen LogP contribution in [-0.2, 0) is 16.3 Å². The van der Waals surface area contributed by atoms with Crippen LogP contribution in [0.3, 0.4) is 0 Å². The molecule has 3 N–H and O–H groups in total. The van der Waals surface area contributed by atoms with Crippen LogP contribution < -0.4 is 20.7 Å². The predicted octanol–water partition coefficient (Wildman–Crippen LogP) is 3.35. The monoisotopic (exact) mass is 470 g/mol. The van der Waals surface area contributed by atoms with Gasteiger partial charge >= 0.3 is 6.03 Å². The van der Waals surface area contributed by atoms with Crippen LogP contribution in [0.1, 0.15) is 16.1 Å². The minimum atomic E-state index is -3.34. The van der Waals surface area contributed by atoms with E-state index in [-0.39, 0.29) is 39.2 Å². The number of amides is 3. The first-order valence-electron chi connectivity index (χ1n) is 9.84. The predicted molar refractivity (Wildman–Crippen MR) is 119 cm³/mol. The van der Waals surface area contributed by atoms with E-state index in [1.807, 2.05) is 0 Å². The van der Waals surface area contributed by atoms with Gasteiger partial charge in [0.1, 0.15) is 23.0 Å². The van der Waals surface area contributed by atoms with Crippen LogP contribution in [0.15, 0.2) is 59.6 Å². The summed E-state index contributed by atoms with van der Waals surface area (Å²) in [5.74, 6) is -0.660. The maximum atomic E-state index is 14.5. The number of fused-ring (bicyclic) bond motifs is 1. The number of benzene rings is 2. The van der Waals surface area contributed by atoms with Gasteiger partial charge in [0.15, 0.2) is 9.84 Å². The first-order chi connectivity index (χ1) is 15.7. The topological polar surface area (TPSA) is 126 Å². The molecule has 0 radical (unpaired) electrons. The first-order valence-corrected chi connectivity index (χ1v) is 11.5. The molecule has 1 aliphatic rings. The van der Waals surface area contributed by atoms with Gasteiger partial charge in [-0.15, -0.1) is 0 Å².